The van der Waals surface area contributed by atoms with E-state index >= 15 is 0 Å². The van der Waals surface area contributed by atoms with Gasteiger partial charge in [-0.3, -0.25) is 9.98 Å². The van der Waals surface area contributed by atoms with Gasteiger partial charge in [0.1, 0.15) is 5.75 Å². The van der Waals surface area contributed by atoms with Gasteiger partial charge < -0.3 is 9.47 Å². The number of rotatable bonds is 9. The van der Waals surface area contributed by atoms with Crippen molar-refractivity contribution in [2.24, 2.45) is 10.9 Å². The number of hydrogen-bond donors (Lipinski definition) is 0. The summed E-state index contributed by atoms with van der Waals surface area (Å²) in [5.74, 6) is 1.73. The molecule has 1 aliphatic carbocycles. The second kappa shape index (κ2) is 12.7. The highest BCUT2D eigenvalue weighted by Gasteiger charge is 2.46. The van der Waals surface area contributed by atoms with Crippen LogP contribution in [-0.4, -0.2) is 36.8 Å². The van der Waals surface area contributed by atoms with Crippen LogP contribution >= 0.6 is 11.8 Å². The maximum Gasteiger partial charge on any atom is 0.338 e. The Bertz CT molecular complexity index is 1140. The van der Waals surface area contributed by atoms with Gasteiger partial charge in [0.25, 0.3) is 0 Å². The lowest BCUT2D eigenvalue weighted by Crippen LogP contribution is -2.45. The van der Waals surface area contributed by atoms with Crippen molar-refractivity contribution in [2.45, 2.75) is 43.3 Å². The lowest BCUT2D eigenvalue weighted by atomic mass is 9.62. The van der Waals surface area contributed by atoms with Crippen LogP contribution in [0.4, 0.5) is 0 Å². The standard InChI is InChI=1S/C30H34N2O3S/c1-31-29(36-22-23-13-15-27(34-2)16-14-23)30(26-12-8-19-32-21-26)18-7-6-11-25(30)17-20-35-28(33)24-9-4-3-5-10-24/h3-5,8-10,12-16,19,21,25H,6-7,11,17-18,20,22H2,1-2H3. The fraction of sp³-hybridized carbons (Fsp3) is 0.367. The van der Waals surface area contributed by atoms with Crippen LogP contribution in [0.3, 0.4) is 0 Å². The average Bonchev–Trinajstić information content (AvgIpc) is 2.95. The summed E-state index contributed by atoms with van der Waals surface area (Å²) >= 11 is 1.80. The summed E-state index contributed by atoms with van der Waals surface area (Å²) in [5, 5.41) is 1.13. The number of carbonyl (C=O) groups excluding carboxylic acids is 1. The molecule has 0 saturated heterocycles. The van der Waals surface area contributed by atoms with E-state index < -0.39 is 0 Å². The number of esters is 1. The van der Waals surface area contributed by atoms with Crippen LogP contribution in [-0.2, 0) is 15.9 Å². The van der Waals surface area contributed by atoms with E-state index in [1.165, 1.54) is 17.5 Å². The third kappa shape index (κ3) is 5.98. The quantitative estimate of drug-likeness (QED) is 0.184. The molecular weight excluding hydrogens is 468 g/mol. The molecule has 0 N–H and O–H groups in total. The molecule has 1 saturated carbocycles. The topological polar surface area (TPSA) is 60.8 Å². The van der Waals surface area contributed by atoms with Crippen LogP contribution in [0.5, 0.6) is 5.75 Å². The van der Waals surface area contributed by atoms with E-state index in [0.717, 1.165) is 42.2 Å². The Hall–Kier alpha value is -3.12. The van der Waals surface area contributed by atoms with Gasteiger partial charge in [0.15, 0.2) is 0 Å². The third-order valence-corrected chi connectivity index (χ3v) is 8.37. The largest absolute Gasteiger partial charge is 0.497 e. The van der Waals surface area contributed by atoms with Crippen molar-refractivity contribution in [3.05, 3.63) is 95.8 Å². The van der Waals surface area contributed by atoms with E-state index in [2.05, 4.69) is 23.2 Å². The van der Waals surface area contributed by atoms with Gasteiger partial charge in [-0.05, 0) is 66.6 Å². The zero-order valence-electron chi connectivity index (χ0n) is 21.1. The minimum absolute atomic E-state index is 0.239. The molecule has 1 aliphatic rings. The highest BCUT2D eigenvalue weighted by Crippen LogP contribution is 2.49. The lowest BCUT2D eigenvalue weighted by Gasteiger charge is -2.45. The van der Waals surface area contributed by atoms with Crippen molar-refractivity contribution in [3.8, 4) is 5.75 Å². The Labute approximate surface area is 218 Å². The molecule has 0 bridgehead atoms. The normalized spacial score (nSPS) is 20.1. The summed E-state index contributed by atoms with van der Waals surface area (Å²) in [6, 6.07) is 21.6. The first-order valence-electron chi connectivity index (χ1n) is 12.5. The number of benzene rings is 2. The van der Waals surface area contributed by atoms with E-state index in [1.54, 1.807) is 31.0 Å². The number of aromatic nitrogens is 1. The fourth-order valence-corrected chi connectivity index (χ4v) is 6.53. The van der Waals surface area contributed by atoms with Gasteiger partial charge in [-0.2, -0.15) is 0 Å². The maximum atomic E-state index is 12.5. The SMILES string of the molecule is CN=C(SCc1ccc(OC)cc1)C1(c2cccnc2)CCCCC1CCOC(=O)c1ccccc1. The minimum Gasteiger partial charge on any atom is -0.497 e. The number of hydrogen-bond acceptors (Lipinski definition) is 6. The van der Waals surface area contributed by atoms with E-state index in [-0.39, 0.29) is 11.4 Å². The van der Waals surface area contributed by atoms with Crippen LogP contribution < -0.4 is 4.74 Å². The van der Waals surface area contributed by atoms with Gasteiger partial charge in [-0.15, -0.1) is 11.8 Å². The Morgan fingerprint density at radius 1 is 1.08 bits per heavy atom. The van der Waals surface area contributed by atoms with Crippen molar-refractivity contribution in [2.75, 3.05) is 20.8 Å². The van der Waals surface area contributed by atoms with Crippen LogP contribution in [0.1, 0.15) is 53.6 Å². The van der Waals surface area contributed by atoms with Crippen LogP contribution in [0, 0.1) is 5.92 Å². The summed E-state index contributed by atoms with van der Waals surface area (Å²) in [7, 11) is 3.58. The molecule has 4 rings (SSSR count). The molecule has 1 fully saturated rings. The second-order valence-electron chi connectivity index (χ2n) is 9.11. The molecule has 2 unspecified atom stereocenters. The average molecular weight is 503 g/mol. The number of thioether (sulfide) groups is 1. The first-order valence-corrected chi connectivity index (χ1v) is 13.5. The fourth-order valence-electron chi connectivity index (χ4n) is 5.27. The van der Waals surface area contributed by atoms with Gasteiger partial charge in [0.2, 0.25) is 0 Å². The molecule has 0 spiro atoms. The summed E-state index contributed by atoms with van der Waals surface area (Å²) in [5.41, 5.74) is 2.78. The molecule has 188 valence electrons. The van der Waals surface area contributed by atoms with Gasteiger partial charge in [0.05, 0.1) is 24.3 Å². The Morgan fingerprint density at radius 2 is 1.89 bits per heavy atom. The van der Waals surface area contributed by atoms with Crippen molar-refractivity contribution >= 4 is 22.8 Å². The number of aliphatic imine (C=N–C) groups is 1. The second-order valence-corrected chi connectivity index (χ2v) is 10.1. The van der Waals surface area contributed by atoms with E-state index in [9.17, 15) is 4.79 Å². The number of ether oxygens (including phenoxy) is 2. The highest BCUT2D eigenvalue weighted by molar-refractivity contribution is 8.13. The smallest absolute Gasteiger partial charge is 0.338 e. The molecule has 2 atom stereocenters. The number of nitrogens with zero attached hydrogens (tertiary/aromatic N) is 2. The van der Waals surface area contributed by atoms with E-state index in [4.69, 9.17) is 14.5 Å². The van der Waals surface area contributed by atoms with Crippen LogP contribution in [0.15, 0.2) is 84.1 Å². The molecule has 6 heteroatoms. The number of carbonyl (C=O) groups is 1. The molecule has 1 aromatic heterocycles. The minimum atomic E-state index is -0.267. The lowest BCUT2D eigenvalue weighted by molar-refractivity contribution is 0.0459. The summed E-state index contributed by atoms with van der Waals surface area (Å²) in [4.78, 5) is 21.9. The molecule has 0 amide bonds. The zero-order chi connectivity index (χ0) is 25.2. The first kappa shape index (κ1) is 26.0. The molecule has 36 heavy (non-hydrogen) atoms. The summed E-state index contributed by atoms with van der Waals surface area (Å²) < 4.78 is 11.0. The predicted molar refractivity (Wildman–Crippen MR) is 147 cm³/mol. The predicted octanol–water partition coefficient (Wildman–Crippen LogP) is 6.73. The number of pyridine rings is 1. The van der Waals surface area contributed by atoms with Crippen molar-refractivity contribution in [3.63, 3.8) is 0 Å². The zero-order valence-corrected chi connectivity index (χ0v) is 21.9. The van der Waals surface area contributed by atoms with Gasteiger partial charge >= 0.3 is 5.97 Å². The Balaban J connectivity index is 1.55. The third-order valence-electron chi connectivity index (χ3n) is 7.08. The summed E-state index contributed by atoms with van der Waals surface area (Å²) in [6.45, 7) is 0.389. The van der Waals surface area contributed by atoms with Crippen LogP contribution in [0.25, 0.3) is 0 Å². The Morgan fingerprint density at radius 3 is 2.58 bits per heavy atom. The van der Waals surface area contributed by atoms with Gasteiger partial charge in [-0.1, -0.05) is 49.2 Å². The highest BCUT2D eigenvalue weighted by atomic mass is 32.2. The number of methoxy groups -OCH3 is 1. The first-order chi connectivity index (χ1) is 17.7. The van der Waals surface area contributed by atoms with Crippen LogP contribution in [0.2, 0.25) is 0 Å². The molecule has 3 aromatic rings. The van der Waals surface area contributed by atoms with Gasteiger partial charge in [0, 0.05) is 30.6 Å². The molecule has 2 aromatic carbocycles. The molecule has 0 aliphatic heterocycles. The molecule has 1 heterocycles. The molecule has 0 radical (unpaired) electrons. The van der Waals surface area contributed by atoms with E-state index in [0.29, 0.717) is 18.1 Å². The van der Waals surface area contributed by atoms with Crippen molar-refractivity contribution in [1.29, 1.82) is 0 Å². The van der Waals surface area contributed by atoms with Crippen molar-refractivity contribution in [1.82, 2.24) is 4.98 Å². The molecule has 5 nitrogen and oxygen atoms in total. The van der Waals surface area contributed by atoms with Gasteiger partial charge in [-0.25, -0.2) is 4.79 Å². The van der Waals surface area contributed by atoms with Crippen molar-refractivity contribution < 1.29 is 14.3 Å². The van der Waals surface area contributed by atoms with E-state index in [1.807, 2.05) is 55.8 Å². The summed E-state index contributed by atoms with van der Waals surface area (Å²) in [6.07, 6.45) is 8.99. The Kier molecular flexibility index (Phi) is 9.17. The molecular formula is C30H34N2O3S. The maximum absolute atomic E-state index is 12.5. The monoisotopic (exact) mass is 502 g/mol.